The van der Waals surface area contributed by atoms with Crippen LogP contribution < -0.4 is 5.32 Å². The van der Waals surface area contributed by atoms with Crippen LogP contribution in [0.25, 0.3) is 11.5 Å². The van der Waals surface area contributed by atoms with Crippen molar-refractivity contribution in [1.29, 1.82) is 0 Å². The summed E-state index contributed by atoms with van der Waals surface area (Å²) in [6.07, 6.45) is 5.01. The summed E-state index contributed by atoms with van der Waals surface area (Å²) in [4.78, 5) is 22.7. The minimum Gasteiger partial charge on any atom is -0.324 e. The predicted octanol–water partition coefficient (Wildman–Crippen LogP) is 3.70. The van der Waals surface area contributed by atoms with Crippen molar-refractivity contribution in [1.82, 2.24) is 34.6 Å². The molecule has 4 aromatic rings. The van der Waals surface area contributed by atoms with Crippen LogP contribution in [0.3, 0.4) is 0 Å². The summed E-state index contributed by atoms with van der Waals surface area (Å²) in [5, 5.41) is 15.3. The zero-order chi connectivity index (χ0) is 22.6. The molecular weight excluding hydrogens is 442 g/mol. The first-order valence-electron chi connectivity index (χ1n) is 9.74. The molecule has 0 bridgehead atoms. The van der Waals surface area contributed by atoms with E-state index in [0.717, 1.165) is 5.56 Å². The molecule has 0 saturated heterocycles. The maximum Gasteiger partial charge on any atom is 0.281 e. The summed E-state index contributed by atoms with van der Waals surface area (Å²) in [5.41, 5.74) is 1.37. The van der Waals surface area contributed by atoms with Gasteiger partial charge in [0.1, 0.15) is 5.69 Å². The third-order valence-electron chi connectivity index (χ3n) is 5.54. The maximum absolute atomic E-state index is 13.2. The number of carbonyl (C=O) groups is 1. The number of halogens is 3. The third kappa shape index (κ3) is 3.29. The lowest BCUT2D eigenvalue weighted by Crippen LogP contribution is -2.21. The average molecular weight is 459 g/mol. The van der Waals surface area contributed by atoms with Gasteiger partial charge in [-0.15, -0.1) is 4.80 Å². The summed E-state index contributed by atoms with van der Waals surface area (Å²) >= 11 is 6.29. The van der Waals surface area contributed by atoms with E-state index in [0.29, 0.717) is 29.1 Å². The Hall–Kier alpha value is -3.47. The number of rotatable bonds is 4. The fraction of sp³-hybridized carbons (Fsp3) is 0.300. The Labute approximate surface area is 185 Å². The van der Waals surface area contributed by atoms with E-state index in [1.165, 1.54) is 34.1 Å². The standard InChI is InChI=1S/C20H17ClF2N8O/c1-20(2)6-11(12-8-27-30-9-14(16(22)23)29-18(30)15(12)20)19(32)28-10-5-13(21)17(24-7-10)31-25-3-4-26-31/h3-5,7-9,11,16H,6H2,1-2H3,(H,28,32)/t11-/m0/s1. The van der Waals surface area contributed by atoms with Gasteiger partial charge in [0.15, 0.2) is 11.5 Å². The summed E-state index contributed by atoms with van der Waals surface area (Å²) in [6, 6.07) is 1.57. The van der Waals surface area contributed by atoms with Crippen LogP contribution in [-0.2, 0) is 10.2 Å². The molecule has 32 heavy (non-hydrogen) atoms. The van der Waals surface area contributed by atoms with Gasteiger partial charge in [0.2, 0.25) is 5.91 Å². The van der Waals surface area contributed by atoms with Gasteiger partial charge in [-0.1, -0.05) is 25.4 Å². The van der Waals surface area contributed by atoms with Gasteiger partial charge in [-0.25, -0.2) is 23.3 Å². The van der Waals surface area contributed by atoms with Crippen LogP contribution in [0.15, 0.2) is 37.1 Å². The van der Waals surface area contributed by atoms with E-state index in [4.69, 9.17) is 11.6 Å². The predicted molar refractivity (Wildman–Crippen MR) is 111 cm³/mol. The smallest absolute Gasteiger partial charge is 0.281 e. The molecule has 0 radical (unpaired) electrons. The zero-order valence-electron chi connectivity index (χ0n) is 17.0. The highest BCUT2D eigenvalue weighted by molar-refractivity contribution is 6.32. The van der Waals surface area contributed by atoms with Crippen LogP contribution in [0.2, 0.25) is 5.02 Å². The average Bonchev–Trinajstić information content (AvgIpc) is 3.45. The lowest BCUT2D eigenvalue weighted by atomic mass is 9.86. The molecule has 0 spiro atoms. The lowest BCUT2D eigenvalue weighted by molar-refractivity contribution is -0.117. The Morgan fingerprint density at radius 2 is 2.00 bits per heavy atom. The second kappa shape index (κ2) is 7.30. The molecule has 0 aliphatic heterocycles. The van der Waals surface area contributed by atoms with E-state index in [1.807, 2.05) is 13.8 Å². The number of pyridine rings is 1. The van der Waals surface area contributed by atoms with E-state index in [2.05, 4.69) is 30.6 Å². The van der Waals surface area contributed by atoms with Crippen LogP contribution in [0.4, 0.5) is 14.5 Å². The minimum atomic E-state index is -2.70. The van der Waals surface area contributed by atoms with Crippen LogP contribution in [0, 0.1) is 0 Å². The molecule has 0 unspecified atom stereocenters. The number of nitrogens with one attached hydrogen (secondary N) is 1. The van der Waals surface area contributed by atoms with Gasteiger partial charge in [0, 0.05) is 5.56 Å². The number of imidazole rings is 1. The highest BCUT2D eigenvalue weighted by atomic mass is 35.5. The van der Waals surface area contributed by atoms with Gasteiger partial charge in [-0.05, 0) is 23.5 Å². The summed E-state index contributed by atoms with van der Waals surface area (Å²) in [7, 11) is 0. The Bertz CT molecular complexity index is 1340. The number of fused-ring (bicyclic) bond motifs is 3. The minimum absolute atomic E-state index is 0.270. The normalized spacial score (nSPS) is 17.1. The molecule has 0 saturated carbocycles. The van der Waals surface area contributed by atoms with E-state index in [9.17, 15) is 13.6 Å². The van der Waals surface area contributed by atoms with Gasteiger partial charge < -0.3 is 5.32 Å². The number of anilines is 1. The highest BCUT2D eigenvalue weighted by Crippen LogP contribution is 2.47. The largest absolute Gasteiger partial charge is 0.324 e. The molecule has 1 aliphatic rings. The van der Waals surface area contributed by atoms with Crippen LogP contribution in [0.1, 0.15) is 49.4 Å². The number of hydrogen-bond acceptors (Lipinski definition) is 6. The number of carbonyl (C=O) groups excluding carboxylic acids is 1. The summed E-state index contributed by atoms with van der Waals surface area (Å²) in [6.45, 7) is 3.92. The van der Waals surface area contributed by atoms with E-state index >= 15 is 0 Å². The number of nitrogens with zero attached hydrogens (tertiary/aromatic N) is 7. The van der Waals surface area contributed by atoms with Gasteiger partial charge in [0.25, 0.3) is 6.43 Å². The van der Waals surface area contributed by atoms with Crippen LogP contribution in [-0.4, -0.2) is 40.5 Å². The van der Waals surface area contributed by atoms with Crippen molar-refractivity contribution in [3.63, 3.8) is 0 Å². The second-order valence-corrected chi connectivity index (χ2v) is 8.59. The molecule has 1 amide bonds. The van der Waals surface area contributed by atoms with Gasteiger partial charge in [-0.3, -0.25) is 4.79 Å². The first-order valence-corrected chi connectivity index (χ1v) is 10.1. The number of amides is 1. The Kier molecular flexibility index (Phi) is 4.66. The third-order valence-corrected chi connectivity index (χ3v) is 5.82. The van der Waals surface area contributed by atoms with Gasteiger partial charge in [-0.2, -0.15) is 15.3 Å². The molecule has 1 aliphatic carbocycles. The molecule has 1 N–H and O–H groups in total. The number of hydrogen-bond donors (Lipinski definition) is 1. The monoisotopic (exact) mass is 458 g/mol. The molecule has 164 valence electrons. The number of aromatic nitrogens is 7. The van der Waals surface area contributed by atoms with E-state index in [-0.39, 0.29) is 16.6 Å². The Balaban J connectivity index is 1.46. The van der Waals surface area contributed by atoms with Crippen molar-refractivity contribution in [2.45, 2.75) is 38.0 Å². The fourth-order valence-corrected chi connectivity index (χ4v) is 4.43. The zero-order valence-corrected chi connectivity index (χ0v) is 17.8. The quantitative estimate of drug-likeness (QED) is 0.500. The molecule has 9 nitrogen and oxygen atoms in total. The molecule has 1 atom stereocenters. The summed E-state index contributed by atoms with van der Waals surface area (Å²) in [5.74, 6) is -0.468. The SMILES string of the molecule is CC1(C)C[C@H](C(=O)Nc2cnc(-n3nccn3)c(Cl)c2)c2cnn3cc(C(F)F)nc3c21. The van der Waals surface area contributed by atoms with Crippen molar-refractivity contribution < 1.29 is 13.6 Å². The first kappa shape index (κ1) is 20.4. The first-order chi connectivity index (χ1) is 15.2. The molecule has 0 aromatic carbocycles. The van der Waals surface area contributed by atoms with Gasteiger partial charge in [0.05, 0.1) is 47.6 Å². The van der Waals surface area contributed by atoms with Crippen molar-refractivity contribution in [3.8, 4) is 5.82 Å². The second-order valence-electron chi connectivity index (χ2n) is 8.19. The lowest BCUT2D eigenvalue weighted by Gasteiger charge is -2.19. The van der Waals surface area contributed by atoms with Crippen LogP contribution >= 0.6 is 11.6 Å². The van der Waals surface area contributed by atoms with Crippen molar-refractivity contribution >= 4 is 28.8 Å². The van der Waals surface area contributed by atoms with Crippen molar-refractivity contribution in [2.75, 3.05) is 5.32 Å². The van der Waals surface area contributed by atoms with Crippen molar-refractivity contribution in [3.05, 3.63) is 58.9 Å². The van der Waals surface area contributed by atoms with Gasteiger partial charge >= 0.3 is 0 Å². The summed E-state index contributed by atoms with van der Waals surface area (Å²) < 4.78 is 27.6. The molecule has 5 rings (SSSR count). The molecule has 12 heteroatoms. The topological polar surface area (TPSA) is 103 Å². The Morgan fingerprint density at radius 3 is 2.69 bits per heavy atom. The maximum atomic E-state index is 13.2. The van der Waals surface area contributed by atoms with Crippen LogP contribution in [0.5, 0.6) is 0 Å². The molecular formula is C20H17ClF2N8O. The molecule has 0 fully saturated rings. The number of alkyl halides is 2. The van der Waals surface area contributed by atoms with E-state index in [1.54, 1.807) is 12.3 Å². The van der Waals surface area contributed by atoms with Crippen molar-refractivity contribution in [2.24, 2.45) is 0 Å². The van der Waals surface area contributed by atoms with E-state index < -0.39 is 17.8 Å². The fourth-order valence-electron chi connectivity index (χ4n) is 4.19. The highest BCUT2D eigenvalue weighted by Gasteiger charge is 2.43. The Morgan fingerprint density at radius 1 is 1.25 bits per heavy atom. The molecule has 4 heterocycles. The molecule has 4 aromatic heterocycles.